The number of carbonyl (C=O) groups excluding carboxylic acids is 1. The van der Waals surface area contributed by atoms with E-state index >= 15 is 0 Å². The first-order valence-electron chi connectivity index (χ1n) is 12.0. The van der Waals surface area contributed by atoms with Crippen LogP contribution in [-0.4, -0.2) is 36.4 Å². The third kappa shape index (κ3) is 10.5. The van der Waals surface area contributed by atoms with Crippen molar-refractivity contribution in [1.82, 2.24) is 4.59 Å². The summed E-state index contributed by atoms with van der Waals surface area (Å²) in [6.07, 6.45) is 3.29. The Labute approximate surface area is 242 Å². The topological polar surface area (TPSA) is 272 Å². The molecule has 2 aromatic carbocycles. The minimum atomic E-state index is -1.28. The van der Waals surface area contributed by atoms with E-state index in [9.17, 15) is 9.90 Å². The third-order valence-corrected chi connectivity index (χ3v) is 5.80. The van der Waals surface area contributed by atoms with Gasteiger partial charge in [-0.2, -0.15) is 5.01 Å². The van der Waals surface area contributed by atoms with Gasteiger partial charge in [-0.1, -0.05) is 47.6 Å². The molecule has 0 amide bonds. The molecule has 218 valence electrons. The van der Waals surface area contributed by atoms with E-state index < -0.39 is 17.0 Å². The molecule has 16 heteroatoms. The van der Waals surface area contributed by atoms with E-state index in [1.807, 2.05) is 0 Å². The molecular formula is C24H36Cl2N12O2. The summed E-state index contributed by atoms with van der Waals surface area (Å²) in [6, 6.07) is 11.3. The highest BCUT2D eigenvalue weighted by Gasteiger charge is 2.38. The van der Waals surface area contributed by atoms with E-state index in [1.54, 1.807) is 36.4 Å². The summed E-state index contributed by atoms with van der Waals surface area (Å²) >= 11 is 11.7. The van der Waals surface area contributed by atoms with E-state index in [0.717, 1.165) is 24.3 Å². The normalized spacial score (nSPS) is 11.7. The number of aliphatic carboxylic acids is 1. The first-order valence-corrected chi connectivity index (χ1v) is 12.8. The number of unbranched alkanes of at least 4 members (excludes halogenated alkanes) is 3. The Morgan fingerprint density at radius 3 is 2.00 bits per heavy atom. The van der Waals surface area contributed by atoms with E-state index in [4.69, 9.17) is 68.4 Å². The number of halogens is 2. The van der Waals surface area contributed by atoms with Crippen molar-refractivity contribution in [3.63, 3.8) is 0 Å². The molecule has 1 unspecified atom stereocenters. The van der Waals surface area contributed by atoms with Crippen LogP contribution in [0.2, 0.25) is 10.0 Å². The molecule has 0 aromatic heterocycles. The Balaban J connectivity index is 0.000000453. The van der Waals surface area contributed by atoms with Crippen molar-refractivity contribution in [3.8, 4) is 0 Å². The van der Waals surface area contributed by atoms with Crippen LogP contribution in [0.4, 0.5) is 11.4 Å². The number of hydrogen-bond acceptors (Lipinski definition) is 6. The molecule has 2 rings (SSSR count). The van der Waals surface area contributed by atoms with Crippen LogP contribution in [0.5, 0.6) is 0 Å². The minimum absolute atomic E-state index is 0.180. The van der Waals surface area contributed by atoms with E-state index in [1.165, 1.54) is 6.07 Å². The predicted molar refractivity (Wildman–Crippen MR) is 160 cm³/mol. The van der Waals surface area contributed by atoms with Crippen molar-refractivity contribution in [1.29, 1.82) is 10.8 Å². The summed E-state index contributed by atoms with van der Waals surface area (Å²) in [4.78, 5) is 11.1. The van der Waals surface area contributed by atoms with Crippen molar-refractivity contribution >= 4 is 64.4 Å². The van der Waals surface area contributed by atoms with Crippen molar-refractivity contribution in [2.24, 2.45) is 44.6 Å². The smallest absolute Gasteiger partial charge is 0.324 e. The summed E-state index contributed by atoms with van der Waals surface area (Å²) in [6.45, 7) is 2.41. The summed E-state index contributed by atoms with van der Waals surface area (Å²) < 4.78 is -0.494. The van der Waals surface area contributed by atoms with Gasteiger partial charge in [-0.25, -0.2) is 5.41 Å². The van der Waals surface area contributed by atoms with E-state index in [-0.39, 0.29) is 23.8 Å². The molecule has 0 saturated carbocycles. The van der Waals surface area contributed by atoms with Gasteiger partial charge in [0.25, 0.3) is 0 Å². The van der Waals surface area contributed by atoms with Gasteiger partial charge in [0.1, 0.15) is 6.54 Å². The molecule has 0 aliphatic heterocycles. The molecule has 0 aliphatic carbocycles. The summed E-state index contributed by atoms with van der Waals surface area (Å²) in [5, 5.41) is 36.4. The van der Waals surface area contributed by atoms with Gasteiger partial charge in [0, 0.05) is 34.1 Å². The van der Waals surface area contributed by atoms with Crippen LogP contribution in [0.25, 0.3) is 0 Å². The number of benzene rings is 2. The molecule has 14 N–H and O–H groups in total. The maximum absolute atomic E-state index is 11.1. The van der Waals surface area contributed by atoms with Gasteiger partial charge in [0.2, 0.25) is 17.9 Å². The number of hydrazone groups is 1. The number of carbonyl (C=O) groups is 1. The highest BCUT2D eigenvalue weighted by Crippen LogP contribution is 2.32. The maximum Gasteiger partial charge on any atom is 0.324 e. The summed E-state index contributed by atoms with van der Waals surface area (Å²) in [5.74, 6) is -2.31. The average Bonchev–Trinajstić information content (AvgIpc) is 2.84. The monoisotopic (exact) mass is 594 g/mol. The number of hydrogen-bond donors (Lipinski definition) is 8. The minimum Gasteiger partial charge on any atom is -0.550 e. The number of nitrogens with zero attached hydrogens (tertiary/aromatic N) is 4. The van der Waals surface area contributed by atoms with Crippen molar-refractivity contribution < 1.29 is 9.90 Å². The Morgan fingerprint density at radius 2 is 1.52 bits per heavy atom. The zero-order valence-corrected chi connectivity index (χ0v) is 23.6. The number of nitrogens with two attached hydrogens (primary N) is 6. The molecule has 0 aliphatic rings. The van der Waals surface area contributed by atoms with Gasteiger partial charge >= 0.3 is 5.96 Å². The molecule has 0 fully saturated rings. The average molecular weight is 596 g/mol. The molecular weight excluding hydrogens is 559 g/mol. The predicted octanol–water partition coefficient (Wildman–Crippen LogP) is 0.830. The van der Waals surface area contributed by atoms with Crippen LogP contribution in [0.3, 0.4) is 0 Å². The first kappa shape index (κ1) is 33.8. The standard InChI is InChI=1S/C16H25ClN6O2.C8H11ClN6/c1-2-3-4-5-8-23(16(20)21,22-15(18)19)13-7-6-12(17)9-11(13)10-14(24)25;9-5-1-3-6(4-2-5)15(8(12)13)14-7(10)11/h6-7,9H,2-5,8,10H2,1H3,(H7-,18,19,20,21,22,24,25);1-4H,(H3,12,13)(H4,10,11,14). The number of nitrogens with one attached hydrogen (secondary N) is 2. The Hall–Kier alpha value is -4.27. The van der Waals surface area contributed by atoms with Crippen molar-refractivity contribution in [2.75, 3.05) is 11.6 Å². The fourth-order valence-electron chi connectivity index (χ4n) is 3.65. The summed E-state index contributed by atoms with van der Waals surface area (Å²) in [5.41, 5.74) is 34.0. The largest absolute Gasteiger partial charge is 0.550 e. The molecule has 0 heterocycles. The van der Waals surface area contributed by atoms with Gasteiger partial charge in [0.15, 0.2) is 5.69 Å². The summed E-state index contributed by atoms with van der Waals surface area (Å²) in [7, 11) is 0. The zero-order chi connectivity index (χ0) is 30.5. The van der Waals surface area contributed by atoms with Crippen molar-refractivity contribution in [2.45, 2.75) is 39.0 Å². The number of anilines is 1. The second-order valence-corrected chi connectivity index (χ2v) is 9.36. The van der Waals surface area contributed by atoms with Crippen LogP contribution in [0.1, 0.15) is 38.2 Å². The lowest BCUT2D eigenvalue weighted by Gasteiger charge is -2.31. The van der Waals surface area contributed by atoms with Crippen LogP contribution < -0.4 is 49.1 Å². The Bertz CT molecular complexity index is 1230. The van der Waals surface area contributed by atoms with Gasteiger partial charge in [-0.05, 0) is 54.3 Å². The highest BCUT2D eigenvalue weighted by molar-refractivity contribution is 6.31. The molecule has 0 saturated heterocycles. The van der Waals surface area contributed by atoms with Crippen LogP contribution in [-0.2, 0) is 11.2 Å². The molecule has 40 heavy (non-hydrogen) atoms. The third-order valence-electron chi connectivity index (χ3n) is 5.31. The number of quaternary nitrogens is 1. The molecule has 2 aromatic rings. The number of guanidine groups is 4. The second-order valence-electron chi connectivity index (χ2n) is 8.48. The fraction of sp³-hybridized carbons (Fsp3) is 0.292. The van der Waals surface area contributed by atoms with Gasteiger partial charge < -0.3 is 44.3 Å². The SMILES string of the molecule is CCCCCC[N+](N=C(N)N)(C(=N)N)c1ccc(Cl)cc1CC(=O)[O-].N=C(N)N(N=C(N)N)c1ccc(Cl)cc1. The molecule has 0 bridgehead atoms. The molecule has 0 spiro atoms. The lowest BCUT2D eigenvalue weighted by molar-refractivity contribution is -0.304. The van der Waals surface area contributed by atoms with Crippen molar-refractivity contribution in [3.05, 3.63) is 58.1 Å². The lowest BCUT2D eigenvalue weighted by atomic mass is 10.1. The molecule has 0 radical (unpaired) electrons. The van der Waals surface area contributed by atoms with Crippen LogP contribution in [0, 0.1) is 10.8 Å². The number of carboxylic acids is 1. The van der Waals surface area contributed by atoms with E-state index in [0.29, 0.717) is 39.9 Å². The number of carboxylic acid groups (broad SMARTS) is 1. The Kier molecular flexibility index (Phi) is 13.5. The molecule has 14 nitrogen and oxygen atoms in total. The maximum atomic E-state index is 11.1. The fourth-order valence-corrected chi connectivity index (χ4v) is 3.97. The van der Waals surface area contributed by atoms with E-state index in [2.05, 4.69) is 17.1 Å². The highest BCUT2D eigenvalue weighted by atomic mass is 35.5. The van der Waals surface area contributed by atoms with Crippen LogP contribution in [0.15, 0.2) is 52.7 Å². The quantitative estimate of drug-likeness (QED) is 0.0600. The van der Waals surface area contributed by atoms with Crippen LogP contribution >= 0.6 is 23.2 Å². The van der Waals surface area contributed by atoms with Gasteiger partial charge in [-0.15, -0.1) is 5.10 Å². The van der Waals surface area contributed by atoms with Gasteiger partial charge in [-0.3, -0.25) is 5.41 Å². The zero-order valence-electron chi connectivity index (χ0n) is 22.1. The number of rotatable bonds is 11. The second kappa shape index (κ2) is 16.0. The first-order chi connectivity index (χ1) is 18.7. The van der Waals surface area contributed by atoms with Gasteiger partial charge in [0.05, 0.1) is 5.69 Å². The molecule has 1 atom stereocenters. The lowest BCUT2D eigenvalue weighted by Crippen LogP contribution is -2.56. The Morgan fingerprint density at radius 1 is 0.925 bits per heavy atom.